The molecular weight excluding hydrogens is 158 g/mol. The van der Waals surface area contributed by atoms with Crippen LogP contribution in [0.15, 0.2) is 18.2 Å². The summed E-state index contributed by atoms with van der Waals surface area (Å²) < 4.78 is 0. The molecular formula is C8H11NO3. The van der Waals surface area contributed by atoms with Gasteiger partial charge >= 0.3 is 0 Å². The van der Waals surface area contributed by atoms with E-state index in [2.05, 4.69) is 0 Å². The van der Waals surface area contributed by atoms with Crippen molar-refractivity contribution < 1.29 is 15.3 Å². The summed E-state index contributed by atoms with van der Waals surface area (Å²) in [5.74, 6) is -0.187. The van der Waals surface area contributed by atoms with Crippen molar-refractivity contribution in [2.75, 3.05) is 6.54 Å². The van der Waals surface area contributed by atoms with Crippen LogP contribution in [0.25, 0.3) is 0 Å². The first-order valence-corrected chi connectivity index (χ1v) is 3.55. The van der Waals surface area contributed by atoms with Crippen molar-refractivity contribution in [3.8, 4) is 11.5 Å². The Kier molecular flexibility index (Phi) is 2.52. The van der Waals surface area contributed by atoms with Crippen LogP contribution in [0.4, 0.5) is 0 Å². The van der Waals surface area contributed by atoms with Crippen LogP contribution in [0.5, 0.6) is 11.5 Å². The zero-order chi connectivity index (χ0) is 9.14. The highest BCUT2D eigenvalue weighted by molar-refractivity contribution is 5.40. The first-order valence-electron chi connectivity index (χ1n) is 3.55. The lowest BCUT2D eigenvalue weighted by Crippen LogP contribution is -2.11. The quantitative estimate of drug-likeness (QED) is 0.505. The van der Waals surface area contributed by atoms with E-state index in [1.807, 2.05) is 0 Å². The van der Waals surface area contributed by atoms with Crippen molar-refractivity contribution in [3.05, 3.63) is 23.8 Å². The van der Waals surface area contributed by atoms with E-state index in [9.17, 15) is 10.2 Å². The summed E-state index contributed by atoms with van der Waals surface area (Å²) in [6.45, 7) is 0.0400. The van der Waals surface area contributed by atoms with E-state index in [-0.39, 0.29) is 18.0 Å². The normalized spacial score (nSPS) is 12.8. The van der Waals surface area contributed by atoms with Gasteiger partial charge in [-0.3, -0.25) is 0 Å². The molecule has 5 N–H and O–H groups in total. The fraction of sp³-hybridized carbons (Fsp3) is 0.250. The highest BCUT2D eigenvalue weighted by Gasteiger charge is 2.10. The third-order valence-electron chi connectivity index (χ3n) is 1.60. The Morgan fingerprint density at radius 3 is 2.50 bits per heavy atom. The maximum Gasteiger partial charge on any atom is 0.125 e. The van der Waals surface area contributed by atoms with Crippen LogP contribution in [0, 0.1) is 0 Å². The molecule has 0 fully saturated rings. The maximum absolute atomic E-state index is 9.23. The number of aliphatic hydroxyl groups is 1. The number of benzene rings is 1. The lowest BCUT2D eigenvalue weighted by molar-refractivity contribution is 0.182. The Balaban J connectivity index is 3.01. The molecule has 1 rings (SSSR count). The van der Waals surface area contributed by atoms with Gasteiger partial charge in [0.15, 0.2) is 0 Å². The number of rotatable bonds is 2. The first kappa shape index (κ1) is 8.83. The van der Waals surface area contributed by atoms with E-state index in [1.54, 1.807) is 0 Å². The molecule has 0 saturated heterocycles. The second kappa shape index (κ2) is 3.42. The number of phenolic OH excluding ortho intramolecular Hbond substituents is 2. The Morgan fingerprint density at radius 1 is 1.33 bits per heavy atom. The molecule has 0 bridgehead atoms. The van der Waals surface area contributed by atoms with Crippen molar-refractivity contribution >= 4 is 0 Å². The van der Waals surface area contributed by atoms with Gasteiger partial charge in [0.05, 0.1) is 6.10 Å². The van der Waals surface area contributed by atoms with Gasteiger partial charge in [0.25, 0.3) is 0 Å². The smallest absolute Gasteiger partial charge is 0.125 e. The third kappa shape index (κ3) is 1.66. The van der Waals surface area contributed by atoms with E-state index in [1.165, 1.54) is 12.1 Å². The minimum absolute atomic E-state index is 0.0400. The summed E-state index contributed by atoms with van der Waals surface area (Å²) in [6, 6.07) is 3.98. The molecule has 0 aromatic heterocycles. The number of hydrogen-bond donors (Lipinski definition) is 4. The number of aliphatic hydroxyl groups excluding tert-OH is 1. The molecule has 0 aliphatic heterocycles. The van der Waals surface area contributed by atoms with Gasteiger partial charge in [-0.05, 0) is 12.1 Å². The average Bonchev–Trinajstić information content (AvgIpc) is 2.03. The van der Waals surface area contributed by atoms with Gasteiger partial charge in [0.2, 0.25) is 0 Å². The fourth-order valence-electron chi connectivity index (χ4n) is 0.941. The summed E-state index contributed by atoms with van der Waals surface area (Å²) in [4.78, 5) is 0. The molecule has 4 nitrogen and oxygen atoms in total. The Bertz CT molecular complexity index is 275. The molecule has 66 valence electrons. The Labute approximate surface area is 69.9 Å². The average molecular weight is 169 g/mol. The molecule has 1 aromatic rings. The number of nitrogens with two attached hydrogens (primary N) is 1. The lowest BCUT2D eigenvalue weighted by atomic mass is 10.1. The molecule has 0 spiro atoms. The molecule has 0 aliphatic rings. The van der Waals surface area contributed by atoms with Gasteiger partial charge in [-0.2, -0.15) is 0 Å². The van der Waals surface area contributed by atoms with E-state index < -0.39 is 6.10 Å². The highest BCUT2D eigenvalue weighted by atomic mass is 16.3. The van der Waals surface area contributed by atoms with Crippen LogP contribution in [-0.4, -0.2) is 21.9 Å². The molecule has 12 heavy (non-hydrogen) atoms. The number of phenols is 2. The van der Waals surface area contributed by atoms with Crippen LogP contribution in [0.2, 0.25) is 0 Å². The largest absolute Gasteiger partial charge is 0.508 e. The van der Waals surface area contributed by atoms with E-state index >= 15 is 0 Å². The van der Waals surface area contributed by atoms with Gasteiger partial charge in [-0.25, -0.2) is 0 Å². The molecule has 1 unspecified atom stereocenters. The van der Waals surface area contributed by atoms with E-state index in [0.717, 1.165) is 6.07 Å². The zero-order valence-electron chi connectivity index (χ0n) is 6.44. The molecule has 4 heteroatoms. The van der Waals surface area contributed by atoms with Crippen molar-refractivity contribution in [3.63, 3.8) is 0 Å². The van der Waals surface area contributed by atoms with Crippen LogP contribution in [-0.2, 0) is 0 Å². The number of aromatic hydroxyl groups is 2. The summed E-state index contributed by atoms with van der Waals surface area (Å²) in [5.41, 5.74) is 5.52. The van der Waals surface area contributed by atoms with Crippen LogP contribution >= 0.6 is 0 Å². The summed E-state index contributed by atoms with van der Waals surface area (Å²) in [5, 5.41) is 27.4. The predicted octanol–water partition coefficient (Wildman–Crippen LogP) is 0.0899. The third-order valence-corrected chi connectivity index (χ3v) is 1.60. The second-order valence-electron chi connectivity index (χ2n) is 2.49. The lowest BCUT2D eigenvalue weighted by Gasteiger charge is -2.09. The molecule has 1 aromatic carbocycles. The van der Waals surface area contributed by atoms with Crippen LogP contribution < -0.4 is 5.73 Å². The van der Waals surface area contributed by atoms with Crippen molar-refractivity contribution in [1.82, 2.24) is 0 Å². The van der Waals surface area contributed by atoms with Crippen molar-refractivity contribution in [2.45, 2.75) is 6.10 Å². The van der Waals surface area contributed by atoms with Crippen LogP contribution in [0.1, 0.15) is 11.7 Å². The highest BCUT2D eigenvalue weighted by Crippen LogP contribution is 2.27. The van der Waals surface area contributed by atoms with Gasteiger partial charge in [0.1, 0.15) is 11.5 Å². The predicted molar refractivity (Wildman–Crippen MR) is 43.8 cm³/mol. The van der Waals surface area contributed by atoms with Gasteiger partial charge in [-0.15, -0.1) is 0 Å². The summed E-state index contributed by atoms with van der Waals surface area (Å²) >= 11 is 0. The van der Waals surface area contributed by atoms with E-state index in [4.69, 9.17) is 10.8 Å². The first-order chi connectivity index (χ1) is 5.65. The zero-order valence-corrected chi connectivity index (χ0v) is 6.44. The fourth-order valence-corrected chi connectivity index (χ4v) is 0.941. The minimum Gasteiger partial charge on any atom is -0.508 e. The molecule has 0 amide bonds. The topological polar surface area (TPSA) is 86.7 Å². The SMILES string of the molecule is NCC(O)c1ccc(O)cc1O. The molecule has 0 heterocycles. The van der Waals surface area contributed by atoms with Gasteiger partial charge in [-0.1, -0.05) is 0 Å². The number of hydrogen-bond acceptors (Lipinski definition) is 4. The van der Waals surface area contributed by atoms with E-state index in [0.29, 0.717) is 5.56 Å². The molecule has 0 saturated carbocycles. The monoisotopic (exact) mass is 169 g/mol. The van der Waals surface area contributed by atoms with Crippen molar-refractivity contribution in [2.24, 2.45) is 5.73 Å². The second-order valence-corrected chi connectivity index (χ2v) is 2.49. The maximum atomic E-state index is 9.23. The van der Waals surface area contributed by atoms with Crippen molar-refractivity contribution in [1.29, 1.82) is 0 Å². The van der Waals surface area contributed by atoms with Gasteiger partial charge in [0, 0.05) is 18.2 Å². The minimum atomic E-state index is -0.884. The Morgan fingerprint density at radius 2 is 2.00 bits per heavy atom. The van der Waals surface area contributed by atoms with Crippen LogP contribution in [0.3, 0.4) is 0 Å². The molecule has 1 atom stereocenters. The standard InChI is InChI=1S/C8H11NO3/c9-4-8(12)6-2-1-5(10)3-7(6)11/h1-3,8,10-12H,4,9H2. The van der Waals surface area contributed by atoms with Gasteiger partial charge < -0.3 is 21.1 Å². The molecule has 0 radical (unpaired) electrons. The Hall–Kier alpha value is -1.26. The molecule has 0 aliphatic carbocycles. The summed E-state index contributed by atoms with van der Waals surface area (Å²) in [6.07, 6.45) is -0.884. The summed E-state index contributed by atoms with van der Waals surface area (Å²) in [7, 11) is 0.